The summed E-state index contributed by atoms with van der Waals surface area (Å²) in [5.41, 5.74) is 0. The molecule has 8 heteroatoms. The van der Waals surface area contributed by atoms with Gasteiger partial charge in [-0.1, -0.05) is 20.3 Å². The molecule has 0 aromatic carbocycles. The number of rotatable bonds is 3. The van der Waals surface area contributed by atoms with Gasteiger partial charge in [0.05, 0.1) is 0 Å². The molecule has 1 aromatic rings. The van der Waals surface area contributed by atoms with Crippen molar-refractivity contribution < 1.29 is 8.42 Å². The number of hydrogen-bond acceptors (Lipinski definition) is 4. The Labute approximate surface area is 163 Å². The van der Waals surface area contributed by atoms with E-state index >= 15 is 0 Å². The smallest absolute Gasteiger partial charge is 0.282 e. The third-order valence-corrected chi connectivity index (χ3v) is 8.31. The number of aromatic nitrogens is 3. The van der Waals surface area contributed by atoms with E-state index in [1.54, 1.807) is 8.61 Å². The predicted molar refractivity (Wildman–Crippen MR) is 105 cm³/mol. The van der Waals surface area contributed by atoms with Crippen molar-refractivity contribution in [2.75, 3.05) is 26.2 Å². The molecule has 2 saturated heterocycles. The van der Waals surface area contributed by atoms with Crippen LogP contribution >= 0.6 is 0 Å². The first kappa shape index (κ1) is 19.3. The Balaban J connectivity index is 1.52. The van der Waals surface area contributed by atoms with Gasteiger partial charge >= 0.3 is 0 Å². The minimum atomic E-state index is -3.39. The topological polar surface area (TPSA) is 71.3 Å². The average Bonchev–Trinajstić information content (AvgIpc) is 2.89. The number of nitrogens with zero attached hydrogens (tertiary/aromatic N) is 5. The maximum Gasteiger partial charge on any atom is 0.282 e. The molecule has 3 aliphatic rings. The normalized spacial score (nSPS) is 31.4. The summed E-state index contributed by atoms with van der Waals surface area (Å²) in [5, 5.41) is 8.92. The van der Waals surface area contributed by atoms with Crippen LogP contribution in [0.1, 0.15) is 69.9 Å². The predicted octanol–water partition coefficient (Wildman–Crippen LogP) is 2.41. The summed E-state index contributed by atoms with van der Waals surface area (Å²) >= 11 is 0. The van der Waals surface area contributed by atoms with Gasteiger partial charge in [0.25, 0.3) is 10.2 Å². The van der Waals surface area contributed by atoms with Gasteiger partial charge in [-0.3, -0.25) is 0 Å². The lowest BCUT2D eigenvalue weighted by Gasteiger charge is -2.39. The third-order valence-electron chi connectivity index (χ3n) is 6.38. The molecule has 0 aliphatic carbocycles. The molecule has 2 fully saturated rings. The summed E-state index contributed by atoms with van der Waals surface area (Å²) < 4.78 is 32.3. The summed E-state index contributed by atoms with van der Waals surface area (Å²) in [6, 6.07) is 0. The highest BCUT2D eigenvalue weighted by Gasteiger charge is 2.38. The van der Waals surface area contributed by atoms with E-state index in [2.05, 4.69) is 28.6 Å². The SMILES string of the molecule is CC1CC(C)CN(S(=O)(=O)N2CCCC(c3nnc4n3CCCCC4)C2)C1. The molecule has 152 valence electrons. The Morgan fingerprint density at radius 3 is 2.44 bits per heavy atom. The molecular weight excluding hydrogens is 362 g/mol. The fourth-order valence-corrected chi connectivity index (χ4v) is 7.07. The molecule has 0 N–H and O–H groups in total. The Kier molecular flexibility index (Phi) is 5.58. The molecule has 7 nitrogen and oxygen atoms in total. The number of hydrogen-bond donors (Lipinski definition) is 0. The van der Waals surface area contributed by atoms with Crippen LogP contribution in [0.25, 0.3) is 0 Å². The first-order valence-corrected chi connectivity index (χ1v) is 12.0. The lowest BCUT2D eigenvalue weighted by molar-refractivity contribution is 0.200. The summed E-state index contributed by atoms with van der Waals surface area (Å²) in [6.07, 6.45) is 7.57. The summed E-state index contributed by atoms with van der Waals surface area (Å²) in [4.78, 5) is 0. The van der Waals surface area contributed by atoms with Crippen LogP contribution in [0.2, 0.25) is 0 Å². The van der Waals surface area contributed by atoms with Crippen molar-refractivity contribution in [3.8, 4) is 0 Å². The third kappa shape index (κ3) is 3.93. The Morgan fingerprint density at radius 2 is 1.67 bits per heavy atom. The van der Waals surface area contributed by atoms with E-state index in [1.165, 1.54) is 12.8 Å². The maximum atomic E-state index is 13.3. The Morgan fingerprint density at radius 1 is 0.889 bits per heavy atom. The Bertz CT molecular complexity index is 752. The molecule has 0 saturated carbocycles. The van der Waals surface area contributed by atoms with E-state index in [-0.39, 0.29) is 5.92 Å². The fraction of sp³-hybridized carbons (Fsp3) is 0.895. The van der Waals surface area contributed by atoms with Crippen LogP contribution in [-0.2, 0) is 23.2 Å². The van der Waals surface area contributed by atoms with Gasteiger partial charge in [0.15, 0.2) is 0 Å². The van der Waals surface area contributed by atoms with Crippen molar-refractivity contribution >= 4 is 10.2 Å². The first-order chi connectivity index (χ1) is 12.9. The van der Waals surface area contributed by atoms with Gasteiger partial charge in [0, 0.05) is 45.1 Å². The molecule has 0 amide bonds. The zero-order chi connectivity index (χ0) is 19.0. The molecule has 0 spiro atoms. The second kappa shape index (κ2) is 7.79. The van der Waals surface area contributed by atoms with Crippen LogP contribution in [-0.4, -0.2) is 58.0 Å². The van der Waals surface area contributed by atoms with Crippen molar-refractivity contribution in [2.45, 2.75) is 71.3 Å². The first-order valence-electron chi connectivity index (χ1n) is 10.6. The standard InChI is InChI=1S/C19H33N5O2S/c1-15-11-16(2)13-23(12-15)27(25,26)22-9-6-7-17(14-22)19-21-20-18-8-4-3-5-10-24(18)19/h15-17H,3-14H2,1-2H3. The Hall–Kier alpha value is -0.990. The van der Waals surface area contributed by atoms with Crippen LogP contribution in [0.4, 0.5) is 0 Å². The lowest BCUT2D eigenvalue weighted by Crippen LogP contribution is -2.51. The van der Waals surface area contributed by atoms with Crippen molar-refractivity contribution in [1.29, 1.82) is 0 Å². The highest BCUT2D eigenvalue weighted by Crippen LogP contribution is 2.31. The molecule has 1 aromatic heterocycles. The van der Waals surface area contributed by atoms with Crippen LogP contribution < -0.4 is 0 Å². The summed E-state index contributed by atoms with van der Waals surface area (Å²) in [6.45, 7) is 7.74. The van der Waals surface area contributed by atoms with Gasteiger partial charge in [-0.2, -0.15) is 17.0 Å². The number of aryl methyl sites for hydroxylation is 1. The molecule has 0 bridgehead atoms. The van der Waals surface area contributed by atoms with Gasteiger partial charge in [0.2, 0.25) is 0 Å². The van der Waals surface area contributed by atoms with E-state index in [0.717, 1.165) is 50.3 Å². The largest absolute Gasteiger partial charge is 0.315 e. The van der Waals surface area contributed by atoms with E-state index < -0.39 is 10.2 Å². The summed E-state index contributed by atoms with van der Waals surface area (Å²) in [5.74, 6) is 3.11. The van der Waals surface area contributed by atoms with Crippen LogP contribution in [0.5, 0.6) is 0 Å². The van der Waals surface area contributed by atoms with Gasteiger partial charge in [-0.05, 0) is 43.9 Å². The van der Waals surface area contributed by atoms with Crippen molar-refractivity contribution in [3.05, 3.63) is 11.6 Å². The molecule has 27 heavy (non-hydrogen) atoms. The second-order valence-electron chi connectivity index (χ2n) is 8.90. The number of piperidine rings is 2. The van der Waals surface area contributed by atoms with Crippen LogP contribution in [0.15, 0.2) is 0 Å². The summed E-state index contributed by atoms with van der Waals surface area (Å²) in [7, 11) is -3.39. The van der Waals surface area contributed by atoms with E-state index in [9.17, 15) is 8.42 Å². The van der Waals surface area contributed by atoms with Gasteiger partial charge in [0.1, 0.15) is 11.6 Å². The maximum absolute atomic E-state index is 13.3. The molecule has 4 heterocycles. The quantitative estimate of drug-likeness (QED) is 0.788. The average molecular weight is 396 g/mol. The highest BCUT2D eigenvalue weighted by molar-refractivity contribution is 7.86. The molecule has 3 aliphatic heterocycles. The van der Waals surface area contributed by atoms with Gasteiger partial charge in [-0.25, -0.2) is 0 Å². The van der Waals surface area contributed by atoms with Crippen molar-refractivity contribution in [3.63, 3.8) is 0 Å². The lowest BCUT2D eigenvalue weighted by atomic mass is 9.94. The van der Waals surface area contributed by atoms with E-state index in [0.29, 0.717) is 38.0 Å². The van der Waals surface area contributed by atoms with Crippen molar-refractivity contribution in [2.24, 2.45) is 11.8 Å². The minimum Gasteiger partial charge on any atom is -0.315 e. The van der Waals surface area contributed by atoms with Gasteiger partial charge in [-0.15, -0.1) is 10.2 Å². The monoisotopic (exact) mass is 395 g/mol. The minimum absolute atomic E-state index is 0.160. The molecule has 3 atom stereocenters. The van der Waals surface area contributed by atoms with E-state index in [1.807, 2.05) is 0 Å². The number of fused-ring (bicyclic) bond motifs is 1. The zero-order valence-corrected chi connectivity index (χ0v) is 17.5. The molecule has 0 radical (unpaired) electrons. The van der Waals surface area contributed by atoms with Crippen molar-refractivity contribution in [1.82, 2.24) is 23.4 Å². The van der Waals surface area contributed by atoms with Gasteiger partial charge < -0.3 is 4.57 Å². The zero-order valence-electron chi connectivity index (χ0n) is 16.7. The second-order valence-corrected chi connectivity index (χ2v) is 10.8. The van der Waals surface area contributed by atoms with Crippen LogP contribution in [0, 0.1) is 11.8 Å². The van der Waals surface area contributed by atoms with Crippen LogP contribution in [0.3, 0.4) is 0 Å². The highest BCUT2D eigenvalue weighted by atomic mass is 32.2. The molecular formula is C19H33N5O2S. The molecule has 4 rings (SSSR count). The fourth-order valence-electron chi connectivity index (χ4n) is 5.13. The molecule has 3 unspecified atom stereocenters. The van der Waals surface area contributed by atoms with E-state index in [4.69, 9.17) is 0 Å².